The van der Waals surface area contributed by atoms with Crippen LogP contribution < -0.4 is 5.32 Å². The molecule has 0 radical (unpaired) electrons. The predicted octanol–water partition coefficient (Wildman–Crippen LogP) is 6.14. The molecule has 0 spiro atoms. The minimum Gasteiger partial charge on any atom is -0.345 e. The topological polar surface area (TPSA) is 29.1 Å². The van der Waals surface area contributed by atoms with Gasteiger partial charge in [-0.25, -0.2) is 0 Å². The molecule has 0 saturated carbocycles. The standard InChI is InChI=1S/C25H27NOS/c1-17-4-10-20(11-5-17)23(16-24(28)21-12-6-18(2)7-13-21)26-25(27)22-14-8-19(3)9-15-22/h4-15,23-24,28H,16H2,1-3H3,(H,26,27)/t23-,24-/m0/s1. The van der Waals surface area contributed by atoms with E-state index in [0.29, 0.717) is 12.0 Å². The molecular formula is C25H27NOS. The molecule has 2 atom stereocenters. The first-order valence-electron chi connectivity index (χ1n) is 9.61. The van der Waals surface area contributed by atoms with E-state index in [0.717, 1.165) is 16.7 Å². The van der Waals surface area contributed by atoms with E-state index in [-0.39, 0.29) is 17.2 Å². The quantitative estimate of drug-likeness (QED) is 0.487. The summed E-state index contributed by atoms with van der Waals surface area (Å²) in [6.45, 7) is 6.16. The molecule has 3 heteroatoms. The summed E-state index contributed by atoms with van der Waals surface area (Å²) in [4.78, 5) is 12.8. The average Bonchev–Trinajstić information content (AvgIpc) is 2.69. The molecule has 0 bridgehead atoms. The van der Waals surface area contributed by atoms with Crippen molar-refractivity contribution in [2.75, 3.05) is 0 Å². The fourth-order valence-corrected chi connectivity index (χ4v) is 3.55. The van der Waals surface area contributed by atoms with Gasteiger partial charge >= 0.3 is 0 Å². The largest absolute Gasteiger partial charge is 0.345 e. The zero-order chi connectivity index (χ0) is 20.1. The number of thiol groups is 1. The van der Waals surface area contributed by atoms with Gasteiger partial charge in [-0.15, -0.1) is 0 Å². The monoisotopic (exact) mass is 389 g/mol. The van der Waals surface area contributed by atoms with Crippen LogP contribution in [0.5, 0.6) is 0 Å². The number of carbonyl (C=O) groups is 1. The fraction of sp³-hybridized carbons (Fsp3) is 0.240. The number of hydrogen-bond acceptors (Lipinski definition) is 2. The summed E-state index contributed by atoms with van der Waals surface area (Å²) in [5.41, 5.74) is 6.50. The first-order valence-corrected chi connectivity index (χ1v) is 10.1. The molecule has 0 unspecified atom stereocenters. The summed E-state index contributed by atoms with van der Waals surface area (Å²) < 4.78 is 0. The highest BCUT2D eigenvalue weighted by Crippen LogP contribution is 2.31. The molecule has 1 N–H and O–H groups in total. The Bertz CT molecular complexity index is 914. The molecule has 0 heterocycles. The van der Waals surface area contributed by atoms with Crippen molar-refractivity contribution in [1.29, 1.82) is 0 Å². The van der Waals surface area contributed by atoms with Crippen molar-refractivity contribution in [2.24, 2.45) is 0 Å². The van der Waals surface area contributed by atoms with E-state index in [2.05, 4.69) is 67.7 Å². The third kappa shape index (κ3) is 5.26. The molecule has 144 valence electrons. The Hall–Kier alpha value is -2.52. The number of rotatable bonds is 6. The zero-order valence-corrected chi connectivity index (χ0v) is 17.5. The molecule has 3 aromatic rings. The third-order valence-corrected chi connectivity index (χ3v) is 5.53. The van der Waals surface area contributed by atoms with E-state index in [1.807, 2.05) is 31.2 Å². The van der Waals surface area contributed by atoms with Gasteiger partial charge in [0.15, 0.2) is 0 Å². The first-order chi connectivity index (χ1) is 13.4. The SMILES string of the molecule is Cc1ccc(C(=O)N[C@@H](C[C@H](S)c2ccc(C)cc2)c2ccc(C)cc2)cc1. The van der Waals surface area contributed by atoms with E-state index in [4.69, 9.17) is 12.6 Å². The van der Waals surface area contributed by atoms with Crippen molar-refractivity contribution >= 4 is 18.5 Å². The maximum Gasteiger partial charge on any atom is 0.251 e. The number of benzene rings is 3. The first kappa shape index (κ1) is 20.2. The van der Waals surface area contributed by atoms with Crippen LogP contribution in [0.25, 0.3) is 0 Å². The van der Waals surface area contributed by atoms with Crippen molar-refractivity contribution in [2.45, 2.75) is 38.5 Å². The van der Waals surface area contributed by atoms with E-state index < -0.39 is 0 Å². The van der Waals surface area contributed by atoms with Gasteiger partial charge in [-0.05, 0) is 50.5 Å². The summed E-state index contributed by atoms with van der Waals surface area (Å²) in [7, 11) is 0. The molecule has 0 aliphatic rings. The molecule has 0 fully saturated rings. The van der Waals surface area contributed by atoms with Gasteiger partial charge < -0.3 is 5.32 Å². The van der Waals surface area contributed by atoms with Crippen LogP contribution in [0.2, 0.25) is 0 Å². The van der Waals surface area contributed by atoms with Crippen LogP contribution in [0.3, 0.4) is 0 Å². The van der Waals surface area contributed by atoms with Gasteiger partial charge in [-0.3, -0.25) is 4.79 Å². The normalized spacial score (nSPS) is 13.0. The lowest BCUT2D eigenvalue weighted by atomic mass is 9.97. The van der Waals surface area contributed by atoms with Gasteiger partial charge in [0.2, 0.25) is 0 Å². The predicted molar refractivity (Wildman–Crippen MR) is 120 cm³/mol. The minimum atomic E-state index is -0.113. The van der Waals surface area contributed by atoms with Crippen LogP contribution in [0, 0.1) is 20.8 Å². The summed E-state index contributed by atoms with van der Waals surface area (Å²) in [6, 6.07) is 24.3. The van der Waals surface area contributed by atoms with Crippen molar-refractivity contribution < 1.29 is 4.79 Å². The highest BCUT2D eigenvalue weighted by atomic mass is 32.1. The second-order valence-corrected chi connectivity index (χ2v) is 8.09. The highest BCUT2D eigenvalue weighted by Gasteiger charge is 2.20. The minimum absolute atomic E-state index is 0.0326. The van der Waals surface area contributed by atoms with Crippen LogP contribution in [0.15, 0.2) is 72.8 Å². The van der Waals surface area contributed by atoms with Gasteiger partial charge in [0.05, 0.1) is 6.04 Å². The molecule has 0 saturated heterocycles. The van der Waals surface area contributed by atoms with Crippen molar-refractivity contribution in [1.82, 2.24) is 5.32 Å². The van der Waals surface area contributed by atoms with Gasteiger partial charge in [0, 0.05) is 10.8 Å². The van der Waals surface area contributed by atoms with E-state index >= 15 is 0 Å². The summed E-state index contributed by atoms with van der Waals surface area (Å²) in [5, 5.41) is 3.25. The molecule has 0 aliphatic heterocycles. The molecule has 2 nitrogen and oxygen atoms in total. The maximum atomic E-state index is 12.8. The van der Waals surface area contributed by atoms with Crippen molar-refractivity contribution in [3.8, 4) is 0 Å². The lowest BCUT2D eigenvalue weighted by Crippen LogP contribution is -2.29. The van der Waals surface area contributed by atoms with E-state index in [1.54, 1.807) is 0 Å². The van der Waals surface area contributed by atoms with Crippen LogP contribution >= 0.6 is 12.6 Å². The van der Waals surface area contributed by atoms with Crippen molar-refractivity contribution in [3.63, 3.8) is 0 Å². The van der Waals surface area contributed by atoms with Gasteiger partial charge in [-0.2, -0.15) is 12.6 Å². The van der Waals surface area contributed by atoms with Crippen LogP contribution in [-0.4, -0.2) is 5.91 Å². The second-order valence-electron chi connectivity index (χ2n) is 7.46. The fourth-order valence-electron chi connectivity index (χ4n) is 3.17. The van der Waals surface area contributed by atoms with Gasteiger partial charge in [0.25, 0.3) is 5.91 Å². The summed E-state index contributed by atoms with van der Waals surface area (Å²) >= 11 is 4.84. The summed E-state index contributed by atoms with van der Waals surface area (Å²) in [6.07, 6.45) is 0.715. The van der Waals surface area contributed by atoms with Gasteiger partial charge in [0.1, 0.15) is 0 Å². The summed E-state index contributed by atoms with van der Waals surface area (Å²) in [5.74, 6) is -0.0602. The molecular weight excluding hydrogens is 362 g/mol. The Kier molecular flexibility index (Phi) is 6.58. The highest BCUT2D eigenvalue weighted by molar-refractivity contribution is 7.80. The third-order valence-electron chi connectivity index (χ3n) is 5.02. The number of nitrogens with one attached hydrogen (secondary N) is 1. The van der Waals surface area contributed by atoms with E-state index in [1.165, 1.54) is 11.1 Å². The maximum absolute atomic E-state index is 12.8. The van der Waals surface area contributed by atoms with Crippen LogP contribution in [0.1, 0.15) is 55.9 Å². The average molecular weight is 390 g/mol. The van der Waals surface area contributed by atoms with Crippen molar-refractivity contribution in [3.05, 3.63) is 106 Å². The zero-order valence-electron chi connectivity index (χ0n) is 16.6. The molecule has 3 aromatic carbocycles. The Labute approximate surface area is 173 Å². The second kappa shape index (κ2) is 9.11. The number of carbonyl (C=O) groups excluding carboxylic acids is 1. The molecule has 0 aromatic heterocycles. The van der Waals surface area contributed by atoms with Crippen LogP contribution in [-0.2, 0) is 0 Å². The Balaban J connectivity index is 1.82. The van der Waals surface area contributed by atoms with Gasteiger partial charge in [-0.1, -0.05) is 77.4 Å². The molecule has 28 heavy (non-hydrogen) atoms. The molecule has 0 aliphatic carbocycles. The Morgan fingerprint density at radius 3 is 1.68 bits per heavy atom. The number of aryl methyl sites for hydroxylation is 3. The number of amides is 1. The molecule has 1 amide bonds. The lowest BCUT2D eigenvalue weighted by Gasteiger charge is -2.23. The number of hydrogen-bond donors (Lipinski definition) is 2. The van der Waals surface area contributed by atoms with Crippen LogP contribution in [0.4, 0.5) is 0 Å². The lowest BCUT2D eigenvalue weighted by molar-refractivity contribution is 0.0934. The van der Waals surface area contributed by atoms with E-state index in [9.17, 15) is 4.79 Å². The molecule has 3 rings (SSSR count). The Morgan fingerprint density at radius 2 is 1.18 bits per heavy atom. The smallest absolute Gasteiger partial charge is 0.251 e. The Morgan fingerprint density at radius 1 is 0.750 bits per heavy atom.